The van der Waals surface area contributed by atoms with Crippen molar-refractivity contribution < 1.29 is 4.79 Å². The summed E-state index contributed by atoms with van der Waals surface area (Å²) in [5.41, 5.74) is 1.46. The second kappa shape index (κ2) is 3.65. The Kier molecular flexibility index (Phi) is 2.52. The number of allylic oxidation sites excluding steroid dienone is 2. The normalized spacial score (nSPS) is 34.8. The van der Waals surface area contributed by atoms with Crippen molar-refractivity contribution >= 4 is 5.78 Å². The minimum absolute atomic E-state index is 0.285. The summed E-state index contributed by atoms with van der Waals surface area (Å²) in [6.45, 7) is 2.10. The van der Waals surface area contributed by atoms with Gasteiger partial charge in [0.05, 0.1) is 0 Å². The predicted molar refractivity (Wildman–Crippen MR) is 53.4 cm³/mol. The van der Waals surface area contributed by atoms with Crippen LogP contribution in [0.5, 0.6) is 0 Å². The monoisotopic (exact) mass is 178 g/mol. The van der Waals surface area contributed by atoms with Gasteiger partial charge in [-0.1, -0.05) is 31.8 Å². The van der Waals surface area contributed by atoms with Gasteiger partial charge in [0.25, 0.3) is 0 Å². The molecular weight excluding hydrogens is 160 g/mol. The van der Waals surface area contributed by atoms with Gasteiger partial charge in [-0.3, -0.25) is 4.79 Å². The third kappa shape index (κ3) is 1.70. The first-order chi connectivity index (χ1) is 6.29. The summed E-state index contributed by atoms with van der Waals surface area (Å²) in [5, 5.41) is 0. The van der Waals surface area contributed by atoms with Crippen LogP contribution in [0.3, 0.4) is 0 Å². The molecule has 0 aliphatic heterocycles. The van der Waals surface area contributed by atoms with Crippen LogP contribution in [0.25, 0.3) is 0 Å². The van der Waals surface area contributed by atoms with E-state index in [9.17, 15) is 4.79 Å². The van der Waals surface area contributed by atoms with Gasteiger partial charge in [0, 0.05) is 5.92 Å². The van der Waals surface area contributed by atoms with Gasteiger partial charge in [-0.15, -0.1) is 0 Å². The number of rotatable bonds is 0. The predicted octanol–water partition coefficient (Wildman–Crippen LogP) is 3.10. The lowest BCUT2D eigenvalue weighted by molar-refractivity contribution is -0.117. The van der Waals surface area contributed by atoms with Crippen molar-refractivity contribution in [2.24, 2.45) is 11.8 Å². The number of carbonyl (C=O) groups is 1. The highest BCUT2D eigenvalue weighted by molar-refractivity contribution is 5.95. The van der Waals surface area contributed by atoms with Gasteiger partial charge in [-0.05, 0) is 31.3 Å². The van der Waals surface area contributed by atoms with E-state index in [1.54, 1.807) is 0 Å². The topological polar surface area (TPSA) is 17.1 Å². The number of fused-ring (bicyclic) bond motifs is 1. The molecule has 2 rings (SSSR count). The molecule has 0 saturated heterocycles. The van der Waals surface area contributed by atoms with Crippen LogP contribution in [0.2, 0.25) is 0 Å². The van der Waals surface area contributed by atoms with E-state index in [-0.39, 0.29) is 5.92 Å². The zero-order valence-electron chi connectivity index (χ0n) is 8.38. The Morgan fingerprint density at radius 1 is 1.23 bits per heavy atom. The highest BCUT2D eigenvalue weighted by Crippen LogP contribution is 2.37. The standard InChI is InChI=1S/C12H18O/c1-9-11-7-5-3-2-4-6-10(11)8-12(9)13/h8-9,11H,2-7H2,1H3. The fourth-order valence-electron chi connectivity index (χ4n) is 2.68. The molecular formula is C12H18O. The first kappa shape index (κ1) is 8.98. The smallest absolute Gasteiger partial charge is 0.159 e. The molecule has 1 fully saturated rings. The average molecular weight is 178 g/mol. The summed E-state index contributed by atoms with van der Waals surface area (Å²) < 4.78 is 0. The first-order valence-corrected chi connectivity index (χ1v) is 5.53. The van der Waals surface area contributed by atoms with Crippen LogP contribution in [-0.2, 0) is 4.79 Å². The van der Waals surface area contributed by atoms with Crippen LogP contribution in [-0.4, -0.2) is 5.78 Å². The summed E-state index contributed by atoms with van der Waals surface area (Å²) in [6, 6.07) is 0. The Balaban J connectivity index is 2.12. The van der Waals surface area contributed by atoms with Gasteiger partial charge in [0.2, 0.25) is 0 Å². The second-order valence-corrected chi connectivity index (χ2v) is 4.47. The Hall–Kier alpha value is -0.590. The van der Waals surface area contributed by atoms with E-state index in [1.165, 1.54) is 44.1 Å². The van der Waals surface area contributed by atoms with Gasteiger partial charge in [0.1, 0.15) is 0 Å². The zero-order chi connectivity index (χ0) is 9.26. The molecule has 2 aliphatic carbocycles. The number of hydrogen-bond donors (Lipinski definition) is 0. The summed E-state index contributed by atoms with van der Waals surface area (Å²) in [6.07, 6.45) is 9.69. The minimum Gasteiger partial charge on any atom is -0.295 e. The quantitative estimate of drug-likeness (QED) is 0.557. The molecule has 1 nitrogen and oxygen atoms in total. The van der Waals surface area contributed by atoms with E-state index in [4.69, 9.17) is 0 Å². The maximum absolute atomic E-state index is 11.5. The van der Waals surface area contributed by atoms with Gasteiger partial charge in [-0.25, -0.2) is 0 Å². The molecule has 0 aromatic carbocycles. The molecule has 0 spiro atoms. The van der Waals surface area contributed by atoms with Crippen LogP contribution < -0.4 is 0 Å². The van der Waals surface area contributed by atoms with Crippen LogP contribution in [0.1, 0.15) is 45.4 Å². The number of hydrogen-bond acceptors (Lipinski definition) is 1. The number of carbonyl (C=O) groups excluding carboxylic acids is 1. The van der Waals surface area contributed by atoms with Gasteiger partial charge in [0.15, 0.2) is 5.78 Å². The summed E-state index contributed by atoms with van der Waals surface area (Å²) >= 11 is 0. The molecule has 0 aromatic heterocycles. The second-order valence-electron chi connectivity index (χ2n) is 4.47. The van der Waals surface area contributed by atoms with E-state index in [2.05, 4.69) is 6.92 Å². The molecule has 1 saturated carbocycles. The largest absolute Gasteiger partial charge is 0.295 e. The molecule has 0 heterocycles. The fourth-order valence-corrected chi connectivity index (χ4v) is 2.68. The lowest BCUT2D eigenvalue weighted by atomic mass is 9.83. The SMILES string of the molecule is CC1C(=O)C=C2CCCCCCC21. The lowest BCUT2D eigenvalue weighted by Crippen LogP contribution is -2.14. The zero-order valence-corrected chi connectivity index (χ0v) is 8.38. The summed E-state index contributed by atoms with van der Waals surface area (Å²) in [5.74, 6) is 1.27. The van der Waals surface area contributed by atoms with Gasteiger partial charge >= 0.3 is 0 Å². The van der Waals surface area contributed by atoms with Crippen molar-refractivity contribution in [2.45, 2.75) is 45.4 Å². The fraction of sp³-hybridized carbons (Fsp3) is 0.750. The molecule has 13 heavy (non-hydrogen) atoms. The summed E-state index contributed by atoms with van der Waals surface area (Å²) in [4.78, 5) is 11.5. The van der Waals surface area contributed by atoms with E-state index in [0.717, 1.165) is 0 Å². The highest BCUT2D eigenvalue weighted by atomic mass is 16.1. The van der Waals surface area contributed by atoms with Crippen molar-refractivity contribution in [1.29, 1.82) is 0 Å². The molecule has 2 atom stereocenters. The maximum atomic E-state index is 11.5. The molecule has 72 valence electrons. The van der Waals surface area contributed by atoms with E-state index in [1.807, 2.05) is 6.08 Å². The summed E-state index contributed by atoms with van der Waals surface area (Å²) in [7, 11) is 0. The lowest BCUT2D eigenvalue weighted by Gasteiger charge is -2.21. The van der Waals surface area contributed by atoms with Crippen molar-refractivity contribution in [3.63, 3.8) is 0 Å². The van der Waals surface area contributed by atoms with Gasteiger partial charge in [-0.2, -0.15) is 0 Å². The minimum atomic E-state index is 0.285. The van der Waals surface area contributed by atoms with Crippen LogP contribution >= 0.6 is 0 Å². The third-order valence-corrected chi connectivity index (χ3v) is 3.59. The van der Waals surface area contributed by atoms with Crippen molar-refractivity contribution in [3.05, 3.63) is 11.6 Å². The first-order valence-electron chi connectivity index (χ1n) is 5.53. The number of ketones is 1. The Labute approximate surface area is 80.2 Å². The van der Waals surface area contributed by atoms with Gasteiger partial charge < -0.3 is 0 Å². The van der Waals surface area contributed by atoms with Crippen molar-refractivity contribution in [1.82, 2.24) is 0 Å². The Morgan fingerprint density at radius 3 is 2.85 bits per heavy atom. The molecule has 0 amide bonds. The van der Waals surface area contributed by atoms with E-state index >= 15 is 0 Å². The van der Waals surface area contributed by atoms with E-state index in [0.29, 0.717) is 11.7 Å². The average Bonchev–Trinajstić information content (AvgIpc) is 2.31. The maximum Gasteiger partial charge on any atom is 0.159 e. The van der Waals surface area contributed by atoms with Crippen molar-refractivity contribution in [2.75, 3.05) is 0 Å². The molecule has 0 N–H and O–H groups in total. The Bertz CT molecular complexity index is 240. The molecule has 1 heteroatoms. The van der Waals surface area contributed by atoms with E-state index < -0.39 is 0 Å². The molecule has 0 aromatic rings. The van der Waals surface area contributed by atoms with Crippen molar-refractivity contribution in [3.8, 4) is 0 Å². The molecule has 2 unspecified atom stereocenters. The Morgan fingerprint density at radius 2 is 2.00 bits per heavy atom. The molecule has 0 radical (unpaired) electrons. The molecule has 2 aliphatic rings. The van der Waals surface area contributed by atoms with Crippen LogP contribution in [0, 0.1) is 11.8 Å². The van der Waals surface area contributed by atoms with Crippen LogP contribution in [0.4, 0.5) is 0 Å². The van der Waals surface area contributed by atoms with Crippen LogP contribution in [0.15, 0.2) is 11.6 Å². The highest BCUT2D eigenvalue weighted by Gasteiger charge is 2.32. The molecule has 0 bridgehead atoms. The third-order valence-electron chi connectivity index (χ3n) is 3.59.